The summed E-state index contributed by atoms with van der Waals surface area (Å²) >= 11 is 1.51. The maximum atomic E-state index is 12.0. The van der Waals surface area contributed by atoms with Gasteiger partial charge >= 0.3 is 6.36 Å². The van der Waals surface area contributed by atoms with Crippen molar-refractivity contribution in [2.45, 2.75) is 19.3 Å². The molecule has 1 atom stereocenters. The molecule has 0 aliphatic rings. The summed E-state index contributed by atoms with van der Waals surface area (Å²) in [4.78, 5) is 4.16. The number of ether oxygens (including phenoxy) is 1. The van der Waals surface area contributed by atoms with Gasteiger partial charge in [0.05, 0.1) is 6.04 Å². The van der Waals surface area contributed by atoms with E-state index in [1.54, 1.807) is 6.20 Å². The van der Waals surface area contributed by atoms with Crippen molar-refractivity contribution in [1.29, 1.82) is 0 Å². The molecule has 0 aliphatic heterocycles. The fraction of sp³-hybridized carbons (Fsp3) is 0.250. The molecule has 102 valence electrons. The van der Waals surface area contributed by atoms with Crippen LogP contribution in [0.3, 0.4) is 0 Å². The first-order valence-corrected chi connectivity index (χ1v) is 6.34. The highest BCUT2D eigenvalue weighted by atomic mass is 32.1. The van der Waals surface area contributed by atoms with Crippen LogP contribution in [0.4, 0.5) is 18.9 Å². The zero-order chi connectivity index (χ0) is 13.9. The number of hydrogen-bond acceptors (Lipinski definition) is 4. The summed E-state index contributed by atoms with van der Waals surface area (Å²) in [5.41, 5.74) is 0.706. The Kier molecular flexibility index (Phi) is 3.94. The van der Waals surface area contributed by atoms with Crippen LogP contribution in [0, 0.1) is 0 Å². The Balaban J connectivity index is 1.99. The SMILES string of the molecule is CC(Nc1ccc(OC(F)(F)F)cc1)c1nccs1. The zero-order valence-corrected chi connectivity index (χ0v) is 10.8. The van der Waals surface area contributed by atoms with Crippen LogP contribution in [0.5, 0.6) is 5.75 Å². The van der Waals surface area contributed by atoms with Gasteiger partial charge in [0, 0.05) is 17.3 Å². The van der Waals surface area contributed by atoms with Gasteiger partial charge in [-0.2, -0.15) is 0 Å². The molecule has 0 fully saturated rings. The van der Waals surface area contributed by atoms with Gasteiger partial charge in [0.1, 0.15) is 10.8 Å². The molecule has 19 heavy (non-hydrogen) atoms. The van der Waals surface area contributed by atoms with E-state index in [4.69, 9.17) is 0 Å². The monoisotopic (exact) mass is 288 g/mol. The van der Waals surface area contributed by atoms with Crippen molar-refractivity contribution in [3.63, 3.8) is 0 Å². The normalized spacial score (nSPS) is 13.1. The molecule has 3 nitrogen and oxygen atoms in total. The Hall–Kier alpha value is -1.76. The Labute approximate surface area is 112 Å². The summed E-state index contributed by atoms with van der Waals surface area (Å²) in [5.74, 6) is -0.236. The Bertz CT molecular complexity index is 511. The van der Waals surface area contributed by atoms with Crippen molar-refractivity contribution < 1.29 is 17.9 Å². The highest BCUT2D eigenvalue weighted by Gasteiger charge is 2.30. The number of rotatable bonds is 4. The van der Waals surface area contributed by atoms with Gasteiger partial charge in [-0.25, -0.2) is 4.98 Å². The molecule has 0 aliphatic carbocycles. The van der Waals surface area contributed by atoms with Crippen molar-refractivity contribution in [2.24, 2.45) is 0 Å². The first-order chi connectivity index (χ1) is 8.94. The van der Waals surface area contributed by atoms with Crippen LogP contribution in [0.2, 0.25) is 0 Å². The fourth-order valence-electron chi connectivity index (χ4n) is 1.51. The minimum atomic E-state index is -4.66. The van der Waals surface area contributed by atoms with Crippen molar-refractivity contribution in [1.82, 2.24) is 4.98 Å². The molecule has 0 saturated heterocycles. The summed E-state index contributed by atoms with van der Waals surface area (Å²) in [6.45, 7) is 1.93. The lowest BCUT2D eigenvalue weighted by molar-refractivity contribution is -0.274. The summed E-state index contributed by atoms with van der Waals surface area (Å²) in [7, 11) is 0. The van der Waals surface area contributed by atoms with E-state index in [-0.39, 0.29) is 11.8 Å². The van der Waals surface area contributed by atoms with E-state index >= 15 is 0 Å². The number of thiazole rings is 1. The minimum Gasteiger partial charge on any atom is -0.406 e. The van der Waals surface area contributed by atoms with Crippen LogP contribution in [0.25, 0.3) is 0 Å². The number of hydrogen-bond donors (Lipinski definition) is 1. The molecular formula is C12H11F3N2OS. The van der Waals surface area contributed by atoms with Gasteiger partial charge in [-0.05, 0) is 31.2 Å². The van der Waals surface area contributed by atoms with Crippen molar-refractivity contribution >= 4 is 17.0 Å². The zero-order valence-electron chi connectivity index (χ0n) is 9.94. The van der Waals surface area contributed by atoms with Crippen LogP contribution < -0.4 is 10.1 Å². The standard InChI is InChI=1S/C12H11F3N2OS/c1-8(11-16-6-7-19-11)17-9-2-4-10(5-3-9)18-12(13,14)15/h2-8,17H,1H3. The van der Waals surface area contributed by atoms with E-state index in [0.29, 0.717) is 5.69 Å². The maximum absolute atomic E-state index is 12.0. The molecule has 1 heterocycles. The van der Waals surface area contributed by atoms with E-state index < -0.39 is 6.36 Å². The first-order valence-electron chi connectivity index (χ1n) is 5.46. The van der Waals surface area contributed by atoms with Crippen LogP contribution in [0.1, 0.15) is 18.0 Å². The summed E-state index contributed by atoms with van der Waals surface area (Å²) in [5, 5.41) is 5.93. The van der Waals surface area contributed by atoms with E-state index in [9.17, 15) is 13.2 Å². The minimum absolute atomic E-state index is 0.00520. The number of anilines is 1. The molecule has 2 rings (SSSR count). The predicted molar refractivity (Wildman–Crippen MR) is 67.3 cm³/mol. The molecule has 2 aromatic rings. The van der Waals surface area contributed by atoms with Crippen LogP contribution >= 0.6 is 11.3 Å². The summed E-state index contributed by atoms with van der Waals surface area (Å²) in [6, 6.07) is 5.60. The molecule has 0 amide bonds. The Morgan fingerprint density at radius 3 is 2.47 bits per heavy atom. The fourth-order valence-corrected chi connectivity index (χ4v) is 2.16. The van der Waals surface area contributed by atoms with Gasteiger partial charge in [0.2, 0.25) is 0 Å². The Morgan fingerprint density at radius 2 is 1.95 bits per heavy atom. The number of alkyl halides is 3. The highest BCUT2D eigenvalue weighted by molar-refractivity contribution is 7.09. The number of aromatic nitrogens is 1. The second-order valence-corrected chi connectivity index (χ2v) is 4.73. The summed E-state index contributed by atoms with van der Waals surface area (Å²) in [6.07, 6.45) is -2.96. The largest absolute Gasteiger partial charge is 0.573 e. The third-order valence-corrected chi connectivity index (χ3v) is 3.25. The maximum Gasteiger partial charge on any atom is 0.573 e. The van der Waals surface area contributed by atoms with E-state index in [1.165, 1.54) is 35.6 Å². The molecular weight excluding hydrogens is 277 g/mol. The smallest absolute Gasteiger partial charge is 0.406 e. The second-order valence-electron chi connectivity index (χ2n) is 3.81. The van der Waals surface area contributed by atoms with Crippen molar-refractivity contribution in [3.8, 4) is 5.75 Å². The molecule has 0 radical (unpaired) electrons. The number of halogens is 3. The molecule has 1 unspecified atom stereocenters. The lowest BCUT2D eigenvalue weighted by atomic mass is 10.2. The van der Waals surface area contributed by atoms with Gasteiger partial charge in [-0.15, -0.1) is 24.5 Å². The van der Waals surface area contributed by atoms with E-state index in [0.717, 1.165) is 5.01 Å². The average Bonchev–Trinajstić information content (AvgIpc) is 2.83. The quantitative estimate of drug-likeness (QED) is 0.915. The molecule has 1 aromatic heterocycles. The van der Waals surface area contributed by atoms with E-state index in [1.807, 2.05) is 12.3 Å². The van der Waals surface area contributed by atoms with Crippen LogP contribution in [0.15, 0.2) is 35.8 Å². The highest BCUT2D eigenvalue weighted by Crippen LogP contribution is 2.26. The number of nitrogens with one attached hydrogen (secondary N) is 1. The topological polar surface area (TPSA) is 34.1 Å². The van der Waals surface area contributed by atoms with Gasteiger partial charge < -0.3 is 10.1 Å². The number of benzene rings is 1. The van der Waals surface area contributed by atoms with Gasteiger partial charge in [0.15, 0.2) is 0 Å². The van der Waals surface area contributed by atoms with E-state index in [2.05, 4.69) is 15.0 Å². The first kappa shape index (κ1) is 13.7. The third-order valence-electron chi connectivity index (χ3n) is 2.29. The molecule has 0 spiro atoms. The second kappa shape index (κ2) is 5.48. The molecule has 1 aromatic carbocycles. The van der Waals surface area contributed by atoms with Crippen molar-refractivity contribution in [2.75, 3.05) is 5.32 Å². The Morgan fingerprint density at radius 1 is 1.26 bits per heavy atom. The van der Waals surface area contributed by atoms with Crippen molar-refractivity contribution in [3.05, 3.63) is 40.8 Å². The molecule has 0 saturated carbocycles. The van der Waals surface area contributed by atoms with Gasteiger partial charge in [0.25, 0.3) is 0 Å². The van der Waals surface area contributed by atoms with Crippen LogP contribution in [-0.2, 0) is 0 Å². The summed E-state index contributed by atoms with van der Waals surface area (Å²) < 4.78 is 39.8. The third kappa shape index (κ3) is 4.13. The number of nitrogens with zero attached hydrogens (tertiary/aromatic N) is 1. The van der Waals surface area contributed by atoms with Gasteiger partial charge in [-0.1, -0.05) is 0 Å². The van der Waals surface area contributed by atoms with Gasteiger partial charge in [-0.3, -0.25) is 0 Å². The lowest BCUT2D eigenvalue weighted by Crippen LogP contribution is -2.17. The predicted octanol–water partition coefficient (Wildman–Crippen LogP) is 4.21. The van der Waals surface area contributed by atoms with Crippen LogP contribution in [-0.4, -0.2) is 11.3 Å². The average molecular weight is 288 g/mol. The molecule has 0 bridgehead atoms. The lowest BCUT2D eigenvalue weighted by Gasteiger charge is -2.13. The molecule has 1 N–H and O–H groups in total. The molecule has 7 heteroatoms.